The molecule has 1 aliphatic heterocycles. The van der Waals surface area contributed by atoms with Gasteiger partial charge in [-0.15, -0.1) is 0 Å². The Labute approximate surface area is 208 Å². The standard InChI is InChI=1S/C25H29N7O4/c1-36-24-8-7-19(13-21(24)17-31-18-22(16-28-31)32(34)35)14-27-29-25(33)9-12-30-11-3-2-6-23(30)20-5-4-10-26-15-20/h4-5,7-8,10,13-16,18,23H,2-3,6,9,11-12,17H2,1H3,(H,29,33). The van der Waals surface area contributed by atoms with Gasteiger partial charge in [0.25, 0.3) is 0 Å². The number of amides is 1. The van der Waals surface area contributed by atoms with Crippen molar-refractivity contribution in [3.05, 3.63) is 81.9 Å². The first-order valence-corrected chi connectivity index (χ1v) is 11.8. The number of aromatic nitrogens is 3. The minimum atomic E-state index is -0.489. The van der Waals surface area contributed by atoms with Crippen molar-refractivity contribution >= 4 is 17.8 Å². The van der Waals surface area contributed by atoms with Crippen molar-refractivity contribution < 1.29 is 14.5 Å². The van der Waals surface area contributed by atoms with Gasteiger partial charge in [0.2, 0.25) is 5.91 Å². The zero-order valence-corrected chi connectivity index (χ0v) is 20.1. The molecule has 3 aromatic rings. The molecule has 0 saturated carbocycles. The van der Waals surface area contributed by atoms with Gasteiger partial charge in [-0.2, -0.15) is 10.2 Å². The van der Waals surface area contributed by atoms with Crippen LogP contribution in [-0.4, -0.2) is 56.9 Å². The van der Waals surface area contributed by atoms with E-state index in [0.717, 1.165) is 30.5 Å². The number of nitrogens with one attached hydrogen (secondary N) is 1. The number of hydrogen-bond donors (Lipinski definition) is 1. The molecule has 11 nitrogen and oxygen atoms in total. The molecule has 188 valence electrons. The van der Waals surface area contributed by atoms with E-state index in [0.29, 0.717) is 25.3 Å². The van der Waals surface area contributed by atoms with Crippen LogP contribution < -0.4 is 10.2 Å². The minimum Gasteiger partial charge on any atom is -0.496 e. The molecule has 0 aliphatic carbocycles. The third-order valence-electron chi connectivity index (χ3n) is 6.18. The van der Waals surface area contributed by atoms with E-state index < -0.39 is 4.92 Å². The molecule has 1 fully saturated rings. The fourth-order valence-corrected chi connectivity index (χ4v) is 4.40. The number of ether oxygens (including phenoxy) is 1. The van der Waals surface area contributed by atoms with Gasteiger partial charge in [-0.3, -0.25) is 29.5 Å². The smallest absolute Gasteiger partial charge is 0.307 e. The highest BCUT2D eigenvalue weighted by molar-refractivity contribution is 5.83. The second kappa shape index (κ2) is 12.0. The second-order valence-electron chi connectivity index (χ2n) is 8.60. The molecule has 0 radical (unpaired) electrons. The van der Waals surface area contributed by atoms with Crippen LogP contribution >= 0.6 is 0 Å². The van der Waals surface area contributed by atoms with Crippen molar-refractivity contribution in [3.63, 3.8) is 0 Å². The maximum absolute atomic E-state index is 12.4. The van der Waals surface area contributed by atoms with Gasteiger partial charge in [-0.05, 0) is 54.8 Å². The first-order valence-electron chi connectivity index (χ1n) is 11.8. The molecule has 1 saturated heterocycles. The van der Waals surface area contributed by atoms with Crippen molar-refractivity contribution in [2.24, 2.45) is 5.10 Å². The maximum atomic E-state index is 12.4. The van der Waals surface area contributed by atoms with Gasteiger partial charge in [-0.1, -0.05) is 12.5 Å². The lowest BCUT2D eigenvalue weighted by Crippen LogP contribution is -2.36. The van der Waals surface area contributed by atoms with Crippen LogP contribution in [0.1, 0.15) is 48.4 Å². The van der Waals surface area contributed by atoms with Gasteiger partial charge < -0.3 is 4.74 Å². The number of carbonyl (C=O) groups excluding carboxylic acids is 1. The van der Waals surface area contributed by atoms with Crippen LogP contribution in [0, 0.1) is 10.1 Å². The number of methoxy groups -OCH3 is 1. The molecule has 1 amide bonds. The summed E-state index contributed by atoms with van der Waals surface area (Å²) in [5.41, 5.74) is 5.24. The van der Waals surface area contributed by atoms with Crippen LogP contribution in [0.2, 0.25) is 0 Å². The van der Waals surface area contributed by atoms with Gasteiger partial charge in [-0.25, -0.2) is 5.43 Å². The van der Waals surface area contributed by atoms with E-state index in [4.69, 9.17) is 4.74 Å². The zero-order valence-electron chi connectivity index (χ0n) is 20.1. The first-order chi connectivity index (χ1) is 17.5. The van der Waals surface area contributed by atoms with Crippen LogP contribution in [0.15, 0.2) is 60.2 Å². The molecule has 1 aliphatic rings. The summed E-state index contributed by atoms with van der Waals surface area (Å²) in [6, 6.07) is 9.78. The van der Waals surface area contributed by atoms with Crippen molar-refractivity contribution in [1.29, 1.82) is 0 Å². The quantitative estimate of drug-likeness (QED) is 0.262. The summed E-state index contributed by atoms with van der Waals surface area (Å²) in [6.45, 7) is 1.91. The Morgan fingerprint density at radius 3 is 2.97 bits per heavy atom. The van der Waals surface area contributed by atoms with E-state index in [-0.39, 0.29) is 17.6 Å². The average molecular weight is 492 g/mol. The number of pyridine rings is 1. The Hall–Kier alpha value is -4.12. The van der Waals surface area contributed by atoms with Crippen LogP contribution in [0.25, 0.3) is 0 Å². The number of likely N-dealkylation sites (tertiary alicyclic amines) is 1. The second-order valence-corrected chi connectivity index (χ2v) is 8.60. The van der Waals surface area contributed by atoms with Crippen LogP contribution in [0.3, 0.4) is 0 Å². The Morgan fingerprint density at radius 1 is 1.33 bits per heavy atom. The highest BCUT2D eigenvalue weighted by Gasteiger charge is 2.24. The van der Waals surface area contributed by atoms with Crippen molar-refractivity contribution in [1.82, 2.24) is 25.1 Å². The molecule has 0 spiro atoms. The van der Waals surface area contributed by atoms with Crippen LogP contribution in [-0.2, 0) is 11.3 Å². The number of rotatable bonds is 10. The number of hydrogen-bond acceptors (Lipinski definition) is 8. The summed E-state index contributed by atoms with van der Waals surface area (Å²) >= 11 is 0. The van der Waals surface area contributed by atoms with E-state index in [9.17, 15) is 14.9 Å². The third kappa shape index (κ3) is 6.51. The van der Waals surface area contributed by atoms with Crippen molar-refractivity contribution in [3.8, 4) is 5.75 Å². The Bertz CT molecular complexity index is 1210. The molecule has 0 bridgehead atoms. The molecule has 1 N–H and O–H groups in total. The normalized spacial score (nSPS) is 16.2. The molecule has 1 unspecified atom stereocenters. The van der Waals surface area contributed by atoms with Gasteiger partial charge >= 0.3 is 5.69 Å². The number of benzene rings is 1. The van der Waals surface area contributed by atoms with Gasteiger partial charge in [0.05, 0.1) is 24.8 Å². The minimum absolute atomic E-state index is 0.0781. The number of hydrazone groups is 1. The molecular weight excluding hydrogens is 462 g/mol. The molecule has 11 heteroatoms. The first kappa shape index (κ1) is 25.0. The lowest BCUT2D eigenvalue weighted by atomic mass is 9.96. The number of carbonyl (C=O) groups is 1. The summed E-state index contributed by atoms with van der Waals surface area (Å²) in [6.07, 6.45) is 11.5. The van der Waals surface area contributed by atoms with Gasteiger partial charge in [0.15, 0.2) is 0 Å². The summed E-state index contributed by atoms with van der Waals surface area (Å²) in [4.78, 5) is 29.4. The fraction of sp³-hybridized carbons (Fsp3) is 0.360. The predicted octanol–water partition coefficient (Wildman–Crippen LogP) is 3.31. The summed E-state index contributed by atoms with van der Waals surface area (Å²) < 4.78 is 6.87. The molecule has 4 rings (SSSR count). The SMILES string of the molecule is COc1ccc(C=NNC(=O)CCN2CCCCC2c2cccnc2)cc1Cn1cc([N+](=O)[O-])cn1. The summed E-state index contributed by atoms with van der Waals surface area (Å²) in [5, 5.41) is 19.0. The maximum Gasteiger partial charge on any atom is 0.307 e. The van der Waals surface area contributed by atoms with E-state index in [1.54, 1.807) is 25.6 Å². The average Bonchev–Trinajstić information content (AvgIpc) is 3.37. The molecule has 36 heavy (non-hydrogen) atoms. The topological polar surface area (TPSA) is 128 Å². The predicted molar refractivity (Wildman–Crippen MR) is 134 cm³/mol. The summed E-state index contributed by atoms with van der Waals surface area (Å²) in [5.74, 6) is 0.471. The van der Waals surface area contributed by atoms with E-state index in [1.807, 2.05) is 24.4 Å². The van der Waals surface area contributed by atoms with Gasteiger partial charge in [0.1, 0.15) is 18.1 Å². The largest absolute Gasteiger partial charge is 0.496 e. The third-order valence-corrected chi connectivity index (χ3v) is 6.18. The van der Waals surface area contributed by atoms with Crippen LogP contribution in [0.4, 0.5) is 5.69 Å². The Balaban J connectivity index is 1.32. The number of piperidine rings is 1. The fourth-order valence-electron chi connectivity index (χ4n) is 4.40. The van der Waals surface area contributed by atoms with Crippen molar-refractivity contribution in [2.45, 2.75) is 38.3 Å². The van der Waals surface area contributed by atoms with Crippen LogP contribution in [0.5, 0.6) is 5.75 Å². The molecule has 1 aromatic carbocycles. The highest BCUT2D eigenvalue weighted by Crippen LogP contribution is 2.30. The number of nitrogens with zero attached hydrogens (tertiary/aromatic N) is 6. The van der Waals surface area contributed by atoms with E-state index in [1.165, 1.54) is 29.1 Å². The Kier molecular flexibility index (Phi) is 8.35. The molecule has 1 atom stereocenters. The van der Waals surface area contributed by atoms with Gasteiger partial charge in [0, 0.05) is 37.0 Å². The molecule has 3 heterocycles. The summed E-state index contributed by atoms with van der Waals surface area (Å²) in [7, 11) is 1.56. The Morgan fingerprint density at radius 2 is 2.22 bits per heavy atom. The number of nitro groups is 1. The van der Waals surface area contributed by atoms with E-state index in [2.05, 4.69) is 31.6 Å². The lowest BCUT2D eigenvalue weighted by Gasteiger charge is -2.35. The molecular formula is C25H29N7O4. The highest BCUT2D eigenvalue weighted by atomic mass is 16.6. The monoisotopic (exact) mass is 491 g/mol. The van der Waals surface area contributed by atoms with E-state index >= 15 is 0 Å². The molecule has 2 aromatic heterocycles. The van der Waals surface area contributed by atoms with Crippen molar-refractivity contribution in [2.75, 3.05) is 20.2 Å². The lowest BCUT2D eigenvalue weighted by molar-refractivity contribution is -0.385. The zero-order chi connectivity index (χ0) is 25.3.